The molecule has 2 aromatic heterocycles. The first-order valence-electron chi connectivity index (χ1n) is 10.9. The summed E-state index contributed by atoms with van der Waals surface area (Å²) < 4.78 is 16.2. The molecule has 8 nitrogen and oxygen atoms in total. The van der Waals surface area contributed by atoms with Crippen LogP contribution in [-0.4, -0.2) is 48.5 Å². The predicted octanol–water partition coefficient (Wildman–Crippen LogP) is 4.63. The Balaban J connectivity index is 1.80. The van der Waals surface area contributed by atoms with Crippen LogP contribution < -0.4 is 5.32 Å². The monoisotopic (exact) mass is 462 g/mol. The highest BCUT2D eigenvalue weighted by Crippen LogP contribution is 2.35. The lowest BCUT2D eigenvalue weighted by Crippen LogP contribution is -2.28. The molecule has 174 valence electrons. The van der Waals surface area contributed by atoms with Gasteiger partial charge in [-0.2, -0.15) is 0 Å². The normalized spacial score (nSPS) is 14.4. The molecule has 1 saturated heterocycles. The summed E-state index contributed by atoms with van der Waals surface area (Å²) in [5.41, 5.74) is 0.569. The zero-order valence-corrected chi connectivity index (χ0v) is 19.8. The molecule has 1 amide bonds. The second kappa shape index (κ2) is 10.8. The van der Waals surface area contributed by atoms with Gasteiger partial charge >= 0.3 is 11.9 Å². The molecule has 3 rings (SSSR count). The molecule has 0 spiro atoms. The van der Waals surface area contributed by atoms with Crippen molar-refractivity contribution in [3.8, 4) is 0 Å². The zero-order chi connectivity index (χ0) is 23.3. The van der Waals surface area contributed by atoms with Gasteiger partial charge in [-0.05, 0) is 71.3 Å². The summed E-state index contributed by atoms with van der Waals surface area (Å²) in [7, 11) is 0. The average Bonchev–Trinajstić information content (AvgIpc) is 3.33. The highest BCUT2D eigenvalue weighted by molar-refractivity contribution is 7.18. The summed E-state index contributed by atoms with van der Waals surface area (Å²) in [6.07, 6.45) is 3.24. The number of carbonyl (C=O) groups is 3. The first-order chi connectivity index (χ1) is 15.3. The third-order valence-corrected chi connectivity index (χ3v) is 6.28. The molecule has 32 heavy (non-hydrogen) atoms. The molecule has 1 aliphatic heterocycles. The van der Waals surface area contributed by atoms with Gasteiger partial charge in [0.15, 0.2) is 5.76 Å². The molecule has 0 bridgehead atoms. The van der Waals surface area contributed by atoms with Crippen molar-refractivity contribution >= 4 is 34.2 Å². The lowest BCUT2D eigenvalue weighted by atomic mass is 10.1. The van der Waals surface area contributed by atoms with Crippen molar-refractivity contribution in [1.82, 2.24) is 4.90 Å². The van der Waals surface area contributed by atoms with E-state index in [0.29, 0.717) is 17.9 Å². The quantitative estimate of drug-likeness (QED) is 0.571. The molecule has 2 aromatic rings. The summed E-state index contributed by atoms with van der Waals surface area (Å²) in [5, 5.41) is 2.95. The van der Waals surface area contributed by atoms with E-state index in [-0.39, 0.29) is 33.9 Å². The summed E-state index contributed by atoms with van der Waals surface area (Å²) in [6.45, 7) is 9.71. The van der Waals surface area contributed by atoms with Crippen molar-refractivity contribution < 1.29 is 28.3 Å². The summed E-state index contributed by atoms with van der Waals surface area (Å²) >= 11 is 0.991. The van der Waals surface area contributed by atoms with Gasteiger partial charge in [0.2, 0.25) is 0 Å². The van der Waals surface area contributed by atoms with E-state index in [4.69, 9.17) is 13.9 Å². The van der Waals surface area contributed by atoms with Crippen LogP contribution in [0.1, 0.15) is 81.9 Å². The molecule has 0 radical (unpaired) electrons. The fraction of sp³-hybridized carbons (Fsp3) is 0.522. The Morgan fingerprint density at radius 1 is 1.16 bits per heavy atom. The topological polar surface area (TPSA) is 98.1 Å². The van der Waals surface area contributed by atoms with Crippen LogP contribution in [-0.2, 0) is 16.0 Å². The van der Waals surface area contributed by atoms with Crippen molar-refractivity contribution in [1.29, 1.82) is 0 Å². The Labute approximate surface area is 191 Å². The number of rotatable bonds is 8. The minimum Gasteiger partial charge on any atom is -0.462 e. The Bertz CT molecular complexity index is 971. The van der Waals surface area contributed by atoms with Crippen molar-refractivity contribution in [3.05, 3.63) is 39.7 Å². The van der Waals surface area contributed by atoms with Crippen molar-refractivity contribution in [2.24, 2.45) is 0 Å². The lowest BCUT2D eigenvalue weighted by molar-refractivity contribution is 0.0379. The van der Waals surface area contributed by atoms with Gasteiger partial charge in [0.05, 0.1) is 24.8 Å². The third-order valence-electron chi connectivity index (χ3n) is 5.10. The first kappa shape index (κ1) is 24.0. The summed E-state index contributed by atoms with van der Waals surface area (Å²) in [6, 6.07) is 3.41. The number of thiophene rings is 1. The van der Waals surface area contributed by atoms with Crippen molar-refractivity contribution in [3.63, 3.8) is 0 Å². The molecule has 9 heteroatoms. The summed E-state index contributed by atoms with van der Waals surface area (Å²) in [4.78, 5) is 40.4. The number of amides is 1. The number of furan rings is 1. The third kappa shape index (κ3) is 5.77. The predicted molar refractivity (Wildman–Crippen MR) is 121 cm³/mol. The van der Waals surface area contributed by atoms with Gasteiger partial charge in [-0.3, -0.25) is 9.69 Å². The van der Waals surface area contributed by atoms with Gasteiger partial charge in [0.25, 0.3) is 5.91 Å². The number of piperidine rings is 1. The van der Waals surface area contributed by atoms with Crippen LogP contribution in [0.3, 0.4) is 0 Å². The van der Waals surface area contributed by atoms with E-state index in [1.54, 1.807) is 39.8 Å². The van der Waals surface area contributed by atoms with E-state index in [2.05, 4.69) is 10.2 Å². The molecular formula is C23H30N2O6S. The van der Waals surface area contributed by atoms with Gasteiger partial charge < -0.3 is 19.2 Å². The maximum Gasteiger partial charge on any atom is 0.348 e. The number of nitrogens with zero attached hydrogens (tertiary/aromatic N) is 1. The number of nitrogens with one attached hydrogen (secondary N) is 1. The van der Waals surface area contributed by atoms with Crippen LogP contribution in [0, 0.1) is 6.92 Å². The maximum absolute atomic E-state index is 12.9. The van der Waals surface area contributed by atoms with E-state index in [1.165, 1.54) is 19.3 Å². The Hall–Kier alpha value is -2.65. The largest absolute Gasteiger partial charge is 0.462 e. The number of likely N-dealkylation sites (tertiary alicyclic amines) is 1. The molecular weight excluding hydrogens is 432 g/mol. The van der Waals surface area contributed by atoms with Crippen LogP contribution in [0.5, 0.6) is 0 Å². The van der Waals surface area contributed by atoms with Gasteiger partial charge in [0, 0.05) is 0 Å². The number of hydrogen-bond acceptors (Lipinski definition) is 8. The van der Waals surface area contributed by atoms with Crippen molar-refractivity contribution in [2.45, 2.75) is 59.6 Å². The minimum absolute atomic E-state index is 0.143. The van der Waals surface area contributed by atoms with E-state index in [9.17, 15) is 14.4 Å². The second-order valence-electron chi connectivity index (χ2n) is 7.99. The van der Waals surface area contributed by atoms with Crippen molar-refractivity contribution in [2.75, 3.05) is 25.0 Å². The van der Waals surface area contributed by atoms with Gasteiger partial charge in [-0.15, -0.1) is 11.3 Å². The highest BCUT2D eigenvalue weighted by Gasteiger charge is 2.28. The average molecular weight is 463 g/mol. The number of esters is 2. The SMILES string of the molecule is CCOC(=O)c1sc(NC(=O)c2ccc(CN3CCCCC3)o2)c(C(=O)OC(C)C)c1C. The van der Waals surface area contributed by atoms with Gasteiger partial charge in [0.1, 0.15) is 15.6 Å². The standard InChI is InChI=1S/C23H30N2O6S/c1-5-29-23(28)19-15(4)18(22(27)30-14(2)3)21(32-19)24-20(26)17-10-9-16(31-17)13-25-11-7-6-8-12-25/h9-10,14H,5-8,11-13H2,1-4H3,(H,24,26). The Morgan fingerprint density at radius 2 is 1.88 bits per heavy atom. The fourth-order valence-electron chi connectivity index (χ4n) is 3.60. The maximum atomic E-state index is 12.9. The lowest BCUT2D eigenvalue weighted by Gasteiger charge is -2.25. The van der Waals surface area contributed by atoms with Crippen LogP contribution in [0.2, 0.25) is 0 Å². The van der Waals surface area contributed by atoms with E-state index in [0.717, 1.165) is 24.4 Å². The molecule has 0 atom stereocenters. The van der Waals surface area contributed by atoms with Crippen LogP contribution in [0.15, 0.2) is 16.5 Å². The first-order valence-corrected chi connectivity index (χ1v) is 11.8. The molecule has 1 aliphatic rings. The molecule has 1 fully saturated rings. The minimum atomic E-state index is -0.607. The molecule has 0 saturated carbocycles. The van der Waals surface area contributed by atoms with Gasteiger partial charge in [-0.25, -0.2) is 9.59 Å². The van der Waals surface area contributed by atoms with Crippen LogP contribution in [0.25, 0.3) is 0 Å². The van der Waals surface area contributed by atoms with E-state index >= 15 is 0 Å². The highest BCUT2D eigenvalue weighted by atomic mass is 32.1. The molecule has 1 N–H and O–H groups in total. The molecule has 3 heterocycles. The Morgan fingerprint density at radius 3 is 2.53 bits per heavy atom. The van der Waals surface area contributed by atoms with Gasteiger partial charge in [-0.1, -0.05) is 6.42 Å². The number of hydrogen-bond donors (Lipinski definition) is 1. The van der Waals surface area contributed by atoms with Crippen LogP contribution in [0.4, 0.5) is 5.00 Å². The summed E-state index contributed by atoms with van der Waals surface area (Å²) in [5.74, 6) is -0.791. The smallest absolute Gasteiger partial charge is 0.348 e. The molecule has 0 aliphatic carbocycles. The molecule has 0 aromatic carbocycles. The van der Waals surface area contributed by atoms with E-state index in [1.807, 2.05) is 0 Å². The second-order valence-corrected chi connectivity index (χ2v) is 9.01. The number of anilines is 1. The number of carbonyl (C=O) groups excluding carboxylic acids is 3. The zero-order valence-electron chi connectivity index (χ0n) is 19.0. The number of ether oxygens (including phenoxy) is 2. The Kier molecular flexibility index (Phi) is 8.09. The van der Waals surface area contributed by atoms with E-state index < -0.39 is 17.8 Å². The fourth-order valence-corrected chi connectivity index (χ4v) is 4.68. The van der Waals surface area contributed by atoms with Crippen LogP contribution >= 0.6 is 11.3 Å². The molecule has 0 unspecified atom stereocenters.